The predicted octanol–water partition coefficient (Wildman–Crippen LogP) is 0.851. The summed E-state index contributed by atoms with van der Waals surface area (Å²) in [4.78, 5) is 0. The second kappa shape index (κ2) is 13.3. The first-order chi connectivity index (χ1) is 10.5. The van der Waals surface area contributed by atoms with Gasteiger partial charge in [-0.05, 0) is 88.0 Å². The first-order valence-electron chi connectivity index (χ1n) is 9.04. The fourth-order valence-corrected chi connectivity index (χ4v) is 3.38. The molecule has 0 aliphatic carbocycles. The van der Waals surface area contributed by atoms with E-state index in [4.69, 9.17) is 28.7 Å². The van der Waals surface area contributed by atoms with E-state index in [1.807, 2.05) is 0 Å². The number of hydrogen-bond donors (Lipinski definition) is 5. The monoisotopic (exact) mass is 315 g/mol. The van der Waals surface area contributed by atoms with Gasteiger partial charge >= 0.3 is 0 Å². The summed E-state index contributed by atoms with van der Waals surface area (Å²) in [5, 5.41) is 0. The van der Waals surface area contributed by atoms with Gasteiger partial charge in [0.25, 0.3) is 0 Å². The van der Waals surface area contributed by atoms with E-state index in [1.54, 1.807) is 0 Å². The molecule has 0 saturated heterocycles. The highest BCUT2D eigenvalue weighted by Crippen LogP contribution is 2.26. The average Bonchev–Trinajstić information content (AvgIpc) is 2.56. The zero-order valence-electron chi connectivity index (χ0n) is 14.8. The minimum absolute atomic E-state index is 0.502. The van der Waals surface area contributed by atoms with Gasteiger partial charge in [-0.3, -0.25) is 0 Å². The van der Waals surface area contributed by atoms with Crippen molar-refractivity contribution in [3.63, 3.8) is 0 Å². The van der Waals surface area contributed by atoms with Crippen molar-refractivity contribution >= 4 is 0 Å². The van der Waals surface area contributed by atoms with Gasteiger partial charge in [0.1, 0.15) is 0 Å². The third kappa shape index (κ3) is 9.06. The molecule has 0 radical (unpaired) electrons. The Kier molecular flexibility index (Phi) is 13.1. The Labute approximate surface area is 137 Å². The molecule has 134 valence electrons. The molecule has 5 atom stereocenters. The Hall–Kier alpha value is -0.200. The first-order valence-corrected chi connectivity index (χ1v) is 9.04. The van der Waals surface area contributed by atoms with Crippen LogP contribution in [0.4, 0.5) is 0 Å². The molecule has 0 fully saturated rings. The molecule has 0 amide bonds. The van der Waals surface area contributed by atoms with Gasteiger partial charge < -0.3 is 28.7 Å². The van der Waals surface area contributed by atoms with Gasteiger partial charge in [0.15, 0.2) is 0 Å². The Balaban J connectivity index is 4.46. The average molecular weight is 316 g/mol. The van der Waals surface area contributed by atoms with Crippen molar-refractivity contribution in [1.82, 2.24) is 0 Å². The maximum Gasteiger partial charge on any atom is -0.00486 e. The standard InChI is InChI=1S/C17H41N5/c1-3-14(9-19)5-16(11-21)7-17(12-22)6-15(10-20)4-13(2)8-18/h13-17H,3-12,18-22H2,1-2H3. The van der Waals surface area contributed by atoms with E-state index in [1.165, 1.54) is 0 Å². The van der Waals surface area contributed by atoms with Gasteiger partial charge in [0, 0.05) is 0 Å². The summed E-state index contributed by atoms with van der Waals surface area (Å²) in [7, 11) is 0. The van der Waals surface area contributed by atoms with Crippen molar-refractivity contribution in [3.8, 4) is 0 Å². The third-order valence-corrected chi connectivity index (χ3v) is 5.05. The molecule has 10 N–H and O–H groups in total. The molecule has 0 aromatic heterocycles. The summed E-state index contributed by atoms with van der Waals surface area (Å²) in [6.45, 7) is 8.02. The molecule has 0 aromatic rings. The van der Waals surface area contributed by atoms with Crippen LogP contribution in [0.2, 0.25) is 0 Å². The number of nitrogens with two attached hydrogens (primary N) is 5. The zero-order chi connectivity index (χ0) is 17.0. The minimum atomic E-state index is 0.502. The van der Waals surface area contributed by atoms with Crippen molar-refractivity contribution in [3.05, 3.63) is 0 Å². The van der Waals surface area contributed by atoms with Gasteiger partial charge in [0.2, 0.25) is 0 Å². The Bertz CT molecular complexity index is 245. The molecule has 0 aromatic carbocycles. The molecule has 5 heteroatoms. The van der Waals surface area contributed by atoms with Gasteiger partial charge in [-0.15, -0.1) is 0 Å². The summed E-state index contributed by atoms with van der Waals surface area (Å²) in [6.07, 6.45) is 5.52. The first kappa shape index (κ1) is 21.8. The molecular formula is C17H41N5. The summed E-state index contributed by atoms with van der Waals surface area (Å²) in [6, 6.07) is 0. The molecule has 5 nitrogen and oxygen atoms in total. The fourth-order valence-electron chi connectivity index (χ4n) is 3.38. The second-order valence-electron chi connectivity index (χ2n) is 7.10. The smallest absolute Gasteiger partial charge is 0.00486 e. The summed E-state index contributed by atoms with van der Waals surface area (Å²) >= 11 is 0. The summed E-state index contributed by atoms with van der Waals surface area (Å²) < 4.78 is 0. The van der Waals surface area contributed by atoms with Crippen molar-refractivity contribution in [1.29, 1.82) is 0 Å². The molecular weight excluding hydrogens is 274 g/mol. The zero-order valence-corrected chi connectivity index (χ0v) is 14.8. The van der Waals surface area contributed by atoms with Gasteiger partial charge in [-0.1, -0.05) is 20.3 Å². The Morgan fingerprint density at radius 1 is 0.545 bits per heavy atom. The van der Waals surface area contributed by atoms with Crippen LogP contribution in [-0.4, -0.2) is 32.7 Å². The van der Waals surface area contributed by atoms with E-state index < -0.39 is 0 Å². The molecule has 0 saturated carbocycles. The third-order valence-electron chi connectivity index (χ3n) is 5.05. The van der Waals surface area contributed by atoms with E-state index in [9.17, 15) is 0 Å². The van der Waals surface area contributed by atoms with Crippen LogP contribution in [0.25, 0.3) is 0 Å². The van der Waals surface area contributed by atoms with Crippen LogP contribution >= 0.6 is 0 Å². The van der Waals surface area contributed by atoms with E-state index in [0.29, 0.717) is 42.7 Å². The predicted molar refractivity (Wildman–Crippen MR) is 97.2 cm³/mol. The molecule has 0 rings (SSSR count). The van der Waals surface area contributed by atoms with Crippen LogP contribution in [0.15, 0.2) is 0 Å². The van der Waals surface area contributed by atoms with Crippen LogP contribution in [0.1, 0.15) is 46.0 Å². The van der Waals surface area contributed by atoms with E-state index in [0.717, 1.165) is 51.7 Å². The minimum Gasteiger partial charge on any atom is -0.330 e. The lowest BCUT2D eigenvalue weighted by Crippen LogP contribution is -2.30. The maximum absolute atomic E-state index is 6.01. The molecule has 0 heterocycles. The summed E-state index contributed by atoms with van der Waals surface area (Å²) in [5.74, 6) is 2.64. The van der Waals surface area contributed by atoms with Crippen molar-refractivity contribution in [2.45, 2.75) is 46.0 Å². The highest BCUT2D eigenvalue weighted by molar-refractivity contribution is 4.76. The number of rotatable bonds is 14. The molecule has 22 heavy (non-hydrogen) atoms. The highest BCUT2D eigenvalue weighted by atomic mass is 14.6. The van der Waals surface area contributed by atoms with Gasteiger partial charge in [-0.2, -0.15) is 0 Å². The largest absolute Gasteiger partial charge is 0.330 e. The van der Waals surface area contributed by atoms with Crippen molar-refractivity contribution < 1.29 is 0 Å². The van der Waals surface area contributed by atoms with E-state index in [-0.39, 0.29) is 0 Å². The topological polar surface area (TPSA) is 130 Å². The van der Waals surface area contributed by atoms with E-state index in [2.05, 4.69) is 13.8 Å². The van der Waals surface area contributed by atoms with Gasteiger partial charge in [0.05, 0.1) is 0 Å². The quantitative estimate of drug-likeness (QED) is 0.324. The fraction of sp³-hybridized carbons (Fsp3) is 1.00. The van der Waals surface area contributed by atoms with Crippen LogP contribution in [0.5, 0.6) is 0 Å². The molecule has 0 aliphatic rings. The number of hydrogen-bond acceptors (Lipinski definition) is 5. The lowest BCUT2D eigenvalue weighted by Gasteiger charge is -2.28. The molecule has 0 aliphatic heterocycles. The maximum atomic E-state index is 6.01. The van der Waals surface area contributed by atoms with Crippen LogP contribution in [0.3, 0.4) is 0 Å². The molecule has 0 bridgehead atoms. The molecule has 5 unspecified atom stereocenters. The van der Waals surface area contributed by atoms with Crippen LogP contribution in [0, 0.1) is 29.6 Å². The Morgan fingerprint density at radius 2 is 0.909 bits per heavy atom. The summed E-state index contributed by atoms with van der Waals surface area (Å²) in [5.41, 5.74) is 29.5. The molecule has 0 spiro atoms. The second-order valence-corrected chi connectivity index (χ2v) is 7.10. The van der Waals surface area contributed by atoms with Crippen LogP contribution in [-0.2, 0) is 0 Å². The van der Waals surface area contributed by atoms with Crippen molar-refractivity contribution in [2.24, 2.45) is 58.3 Å². The lowest BCUT2D eigenvalue weighted by molar-refractivity contribution is 0.260. The Morgan fingerprint density at radius 3 is 1.23 bits per heavy atom. The van der Waals surface area contributed by atoms with Crippen molar-refractivity contribution in [2.75, 3.05) is 32.7 Å². The van der Waals surface area contributed by atoms with Gasteiger partial charge in [-0.25, -0.2) is 0 Å². The van der Waals surface area contributed by atoms with Crippen LogP contribution < -0.4 is 28.7 Å². The highest BCUT2D eigenvalue weighted by Gasteiger charge is 2.21. The van der Waals surface area contributed by atoms with E-state index >= 15 is 0 Å². The lowest BCUT2D eigenvalue weighted by atomic mass is 9.80. The SMILES string of the molecule is CCC(CN)CC(CN)CC(CN)CC(CN)CC(C)CN. The normalized spacial score (nSPS) is 18.7.